The van der Waals surface area contributed by atoms with Crippen molar-refractivity contribution in [3.05, 3.63) is 58.9 Å². The molecule has 4 heteroatoms. The Morgan fingerprint density at radius 3 is 2.90 bits per heavy atom. The van der Waals surface area contributed by atoms with Crippen molar-refractivity contribution in [2.45, 2.75) is 32.2 Å². The lowest BCUT2D eigenvalue weighted by Gasteiger charge is -2.25. The molecule has 0 saturated carbocycles. The van der Waals surface area contributed by atoms with Gasteiger partial charge in [0, 0.05) is 6.04 Å². The summed E-state index contributed by atoms with van der Waals surface area (Å²) in [6, 6.07) is 10.3. The quantitative estimate of drug-likeness (QED) is 0.887. The summed E-state index contributed by atoms with van der Waals surface area (Å²) in [6.07, 6.45) is 4.44. The highest BCUT2D eigenvalue weighted by atomic mass is 16.1. The Kier molecular flexibility index (Phi) is 3.60. The number of rotatable bonds is 2. The van der Waals surface area contributed by atoms with Gasteiger partial charge >= 0.3 is 0 Å². The summed E-state index contributed by atoms with van der Waals surface area (Å²) in [5, 5.41) is 3.11. The smallest absolute Gasteiger partial charge is 0.253 e. The number of hydrogen-bond donors (Lipinski definition) is 2. The molecule has 1 aromatic carbocycles. The number of aromatic nitrogens is 1. The summed E-state index contributed by atoms with van der Waals surface area (Å²) in [6.45, 7) is 1.82. The van der Waals surface area contributed by atoms with Gasteiger partial charge in [-0.25, -0.2) is 0 Å². The number of amides is 1. The fourth-order valence-electron chi connectivity index (χ4n) is 2.86. The van der Waals surface area contributed by atoms with E-state index < -0.39 is 0 Å². The van der Waals surface area contributed by atoms with Crippen LogP contribution >= 0.6 is 0 Å². The number of hydrogen-bond acceptors (Lipinski definition) is 3. The molecule has 108 valence electrons. The van der Waals surface area contributed by atoms with Crippen LogP contribution in [0.15, 0.2) is 36.5 Å². The van der Waals surface area contributed by atoms with E-state index in [1.54, 1.807) is 12.3 Å². The monoisotopic (exact) mass is 281 g/mol. The second-order valence-electron chi connectivity index (χ2n) is 5.58. The van der Waals surface area contributed by atoms with Gasteiger partial charge in [-0.05, 0) is 43.4 Å². The van der Waals surface area contributed by atoms with Crippen LogP contribution < -0.4 is 11.1 Å². The average Bonchev–Trinajstić information content (AvgIpc) is 2.49. The van der Waals surface area contributed by atoms with E-state index in [1.165, 1.54) is 11.1 Å². The number of nitrogen functional groups attached to an aromatic ring is 1. The first-order valence-corrected chi connectivity index (χ1v) is 7.23. The van der Waals surface area contributed by atoms with Gasteiger partial charge < -0.3 is 11.1 Å². The van der Waals surface area contributed by atoms with Crippen LogP contribution in [0.25, 0.3) is 0 Å². The van der Waals surface area contributed by atoms with Crippen molar-refractivity contribution in [3.8, 4) is 0 Å². The number of nitrogens with two attached hydrogens (primary N) is 1. The predicted molar refractivity (Wildman–Crippen MR) is 83.1 cm³/mol. The van der Waals surface area contributed by atoms with Gasteiger partial charge in [0.15, 0.2) is 0 Å². The van der Waals surface area contributed by atoms with E-state index in [-0.39, 0.29) is 11.9 Å². The maximum atomic E-state index is 12.4. The Bertz CT molecular complexity index is 681. The molecule has 1 aliphatic carbocycles. The van der Waals surface area contributed by atoms with Gasteiger partial charge in [0.2, 0.25) is 0 Å². The second kappa shape index (κ2) is 5.56. The molecular weight excluding hydrogens is 262 g/mol. The molecule has 0 bridgehead atoms. The van der Waals surface area contributed by atoms with E-state index >= 15 is 0 Å². The van der Waals surface area contributed by atoms with Crippen LogP contribution in [0, 0.1) is 6.92 Å². The SMILES string of the molecule is Cc1ncc(N)cc1C(=O)NC1CCc2ccccc2C1. The number of pyridine rings is 1. The maximum Gasteiger partial charge on any atom is 0.253 e. The zero-order valence-corrected chi connectivity index (χ0v) is 12.1. The Hall–Kier alpha value is -2.36. The lowest BCUT2D eigenvalue weighted by atomic mass is 9.88. The minimum absolute atomic E-state index is 0.0864. The molecule has 0 fully saturated rings. The number of benzene rings is 1. The summed E-state index contributed by atoms with van der Waals surface area (Å²) in [4.78, 5) is 16.5. The predicted octanol–water partition coefficient (Wildman–Crippen LogP) is 2.26. The van der Waals surface area contributed by atoms with E-state index in [4.69, 9.17) is 5.73 Å². The summed E-state index contributed by atoms with van der Waals surface area (Å²) in [5.41, 5.74) is 10.2. The molecule has 1 atom stereocenters. The minimum atomic E-state index is -0.0864. The van der Waals surface area contributed by atoms with Crippen LogP contribution in [0.2, 0.25) is 0 Å². The summed E-state index contributed by atoms with van der Waals surface area (Å²) in [5.74, 6) is -0.0864. The van der Waals surface area contributed by atoms with Gasteiger partial charge in [-0.1, -0.05) is 24.3 Å². The third-order valence-corrected chi connectivity index (χ3v) is 4.03. The molecule has 0 aliphatic heterocycles. The standard InChI is InChI=1S/C17H19N3O/c1-11-16(9-14(18)10-19-11)17(21)20-15-7-6-12-4-2-3-5-13(12)8-15/h2-5,9-10,15H,6-8,18H2,1H3,(H,20,21). The first-order chi connectivity index (χ1) is 10.1. The molecule has 1 amide bonds. The van der Waals surface area contributed by atoms with Gasteiger partial charge in [-0.2, -0.15) is 0 Å². The third-order valence-electron chi connectivity index (χ3n) is 4.03. The highest BCUT2D eigenvalue weighted by Crippen LogP contribution is 2.21. The minimum Gasteiger partial charge on any atom is -0.397 e. The Morgan fingerprint density at radius 1 is 1.33 bits per heavy atom. The molecule has 3 rings (SSSR count). The average molecular weight is 281 g/mol. The zero-order chi connectivity index (χ0) is 14.8. The van der Waals surface area contributed by atoms with E-state index in [9.17, 15) is 4.79 Å². The topological polar surface area (TPSA) is 68.0 Å². The Labute approximate surface area is 124 Å². The van der Waals surface area contributed by atoms with Crippen molar-refractivity contribution >= 4 is 11.6 Å². The van der Waals surface area contributed by atoms with Crippen LogP contribution in [-0.4, -0.2) is 16.9 Å². The number of carbonyl (C=O) groups excluding carboxylic acids is 1. The van der Waals surface area contributed by atoms with Crippen molar-refractivity contribution in [1.29, 1.82) is 0 Å². The zero-order valence-electron chi connectivity index (χ0n) is 12.1. The molecule has 0 radical (unpaired) electrons. The van der Waals surface area contributed by atoms with Crippen LogP contribution in [0.3, 0.4) is 0 Å². The van der Waals surface area contributed by atoms with Crippen LogP contribution in [0.1, 0.15) is 33.6 Å². The van der Waals surface area contributed by atoms with Crippen molar-refractivity contribution < 1.29 is 4.79 Å². The van der Waals surface area contributed by atoms with E-state index in [0.29, 0.717) is 16.9 Å². The van der Waals surface area contributed by atoms with Gasteiger partial charge in [0.05, 0.1) is 23.1 Å². The first-order valence-electron chi connectivity index (χ1n) is 7.23. The molecule has 21 heavy (non-hydrogen) atoms. The molecule has 2 aromatic rings. The first kappa shape index (κ1) is 13.6. The molecule has 1 heterocycles. The number of anilines is 1. The normalized spacial score (nSPS) is 17.1. The third kappa shape index (κ3) is 2.89. The second-order valence-corrected chi connectivity index (χ2v) is 5.58. The number of nitrogens with zero attached hydrogens (tertiary/aromatic N) is 1. The van der Waals surface area contributed by atoms with Gasteiger partial charge in [0.25, 0.3) is 5.91 Å². The Morgan fingerprint density at radius 2 is 2.10 bits per heavy atom. The van der Waals surface area contributed by atoms with Gasteiger partial charge in [-0.15, -0.1) is 0 Å². The number of aryl methyl sites for hydroxylation is 2. The van der Waals surface area contributed by atoms with E-state index in [1.807, 2.05) is 6.92 Å². The molecule has 1 aromatic heterocycles. The van der Waals surface area contributed by atoms with Crippen LogP contribution in [0.4, 0.5) is 5.69 Å². The molecule has 3 N–H and O–H groups in total. The van der Waals surface area contributed by atoms with Crippen molar-refractivity contribution in [2.75, 3.05) is 5.73 Å². The highest BCUT2D eigenvalue weighted by molar-refractivity contribution is 5.96. The van der Waals surface area contributed by atoms with Crippen molar-refractivity contribution in [1.82, 2.24) is 10.3 Å². The van der Waals surface area contributed by atoms with Gasteiger partial charge in [0.1, 0.15) is 0 Å². The molecule has 0 spiro atoms. The lowest BCUT2D eigenvalue weighted by Crippen LogP contribution is -2.39. The Balaban J connectivity index is 1.73. The molecular formula is C17H19N3O. The van der Waals surface area contributed by atoms with Crippen molar-refractivity contribution in [2.24, 2.45) is 0 Å². The highest BCUT2D eigenvalue weighted by Gasteiger charge is 2.21. The fourth-order valence-corrected chi connectivity index (χ4v) is 2.86. The molecule has 0 saturated heterocycles. The van der Waals surface area contributed by atoms with Crippen molar-refractivity contribution in [3.63, 3.8) is 0 Å². The number of carbonyl (C=O) groups is 1. The lowest BCUT2D eigenvalue weighted by molar-refractivity contribution is 0.0932. The largest absolute Gasteiger partial charge is 0.397 e. The summed E-state index contributed by atoms with van der Waals surface area (Å²) < 4.78 is 0. The molecule has 1 aliphatic rings. The fraction of sp³-hybridized carbons (Fsp3) is 0.294. The van der Waals surface area contributed by atoms with Crippen LogP contribution in [0.5, 0.6) is 0 Å². The van der Waals surface area contributed by atoms with E-state index in [2.05, 4.69) is 34.6 Å². The molecule has 4 nitrogen and oxygen atoms in total. The van der Waals surface area contributed by atoms with E-state index in [0.717, 1.165) is 19.3 Å². The van der Waals surface area contributed by atoms with Crippen LogP contribution in [-0.2, 0) is 12.8 Å². The summed E-state index contributed by atoms with van der Waals surface area (Å²) >= 11 is 0. The summed E-state index contributed by atoms with van der Waals surface area (Å²) in [7, 11) is 0. The maximum absolute atomic E-state index is 12.4. The molecule has 1 unspecified atom stereocenters. The number of fused-ring (bicyclic) bond motifs is 1. The van der Waals surface area contributed by atoms with Gasteiger partial charge in [-0.3, -0.25) is 9.78 Å². The number of nitrogens with one attached hydrogen (secondary N) is 1.